The van der Waals surface area contributed by atoms with Crippen molar-refractivity contribution < 1.29 is 4.79 Å². The van der Waals surface area contributed by atoms with Crippen molar-refractivity contribution >= 4 is 5.91 Å². The first-order chi connectivity index (χ1) is 12.7. The van der Waals surface area contributed by atoms with Gasteiger partial charge >= 0.3 is 0 Å². The van der Waals surface area contributed by atoms with Crippen LogP contribution in [0.3, 0.4) is 0 Å². The number of likely N-dealkylation sites (tertiary alicyclic amines) is 1. The second-order valence-electron chi connectivity index (χ2n) is 6.85. The quantitative estimate of drug-likeness (QED) is 0.785. The van der Waals surface area contributed by atoms with Crippen LogP contribution in [-0.4, -0.2) is 39.1 Å². The molecule has 0 bridgehead atoms. The van der Waals surface area contributed by atoms with Gasteiger partial charge in [0.15, 0.2) is 0 Å². The normalized spacial score (nSPS) is 15.2. The molecule has 5 nitrogen and oxygen atoms in total. The van der Waals surface area contributed by atoms with Crippen LogP contribution in [0.15, 0.2) is 54.9 Å². The number of hydrogen-bond donors (Lipinski definition) is 1. The van der Waals surface area contributed by atoms with Crippen LogP contribution in [0.5, 0.6) is 0 Å². The average molecular weight is 346 g/mol. The van der Waals surface area contributed by atoms with E-state index in [1.807, 2.05) is 23.2 Å². The van der Waals surface area contributed by atoms with Gasteiger partial charge in [-0.15, -0.1) is 0 Å². The molecule has 1 saturated heterocycles. The standard InChI is InChI=1S/C21H22N4O/c1-15-5-4-6-17(13-15)18-14-23-24-20(18)16-8-11-25(12-9-16)21(26)19-7-2-3-10-22-19/h2-7,10,13-14,16H,8-9,11-12H2,1H3,(H,23,24). The van der Waals surface area contributed by atoms with Crippen molar-refractivity contribution in [3.8, 4) is 11.1 Å². The topological polar surface area (TPSA) is 61.9 Å². The number of aromatic amines is 1. The fraction of sp³-hybridized carbons (Fsp3) is 0.286. The van der Waals surface area contributed by atoms with Gasteiger partial charge in [-0.1, -0.05) is 35.9 Å². The third-order valence-corrected chi connectivity index (χ3v) is 5.07. The molecule has 0 spiro atoms. The van der Waals surface area contributed by atoms with Crippen LogP contribution in [0.25, 0.3) is 11.1 Å². The van der Waals surface area contributed by atoms with E-state index < -0.39 is 0 Å². The monoisotopic (exact) mass is 346 g/mol. The number of piperidine rings is 1. The lowest BCUT2D eigenvalue weighted by molar-refractivity contribution is 0.0706. The van der Waals surface area contributed by atoms with Gasteiger partial charge in [0.05, 0.1) is 6.20 Å². The molecule has 1 aromatic carbocycles. The number of amides is 1. The third-order valence-electron chi connectivity index (χ3n) is 5.07. The highest BCUT2D eigenvalue weighted by molar-refractivity contribution is 5.92. The van der Waals surface area contributed by atoms with Crippen molar-refractivity contribution in [1.82, 2.24) is 20.1 Å². The van der Waals surface area contributed by atoms with Gasteiger partial charge in [-0.2, -0.15) is 5.10 Å². The van der Waals surface area contributed by atoms with Crippen molar-refractivity contribution in [1.29, 1.82) is 0 Å². The first-order valence-corrected chi connectivity index (χ1v) is 9.03. The number of carbonyl (C=O) groups is 1. The minimum atomic E-state index is 0.0209. The molecule has 0 aliphatic carbocycles. The van der Waals surface area contributed by atoms with E-state index in [2.05, 4.69) is 46.4 Å². The summed E-state index contributed by atoms with van der Waals surface area (Å²) >= 11 is 0. The maximum absolute atomic E-state index is 12.6. The van der Waals surface area contributed by atoms with Crippen molar-refractivity contribution in [2.45, 2.75) is 25.7 Å². The van der Waals surface area contributed by atoms with E-state index in [1.165, 1.54) is 22.4 Å². The highest BCUT2D eigenvalue weighted by Crippen LogP contribution is 2.34. The highest BCUT2D eigenvalue weighted by atomic mass is 16.2. The van der Waals surface area contributed by atoms with Crippen LogP contribution in [-0.2, 0) is 0 Å². The molecular formula is C21H22N4O. The first-order valence-electron chi connectivity index (χ1n) is 9.03. The number of rotatable bonds is 3. The summed E-state index contributed by atoms with van der Waals surface area (Å²) in [7, 11) is 0. The van der Waals surface area contributed by atoms with E-state index in [-0.39, 0.29) is 5.91 Å². The number of carbonyl (C=O) groups excluding carboxylic acids is 1. The minimum Gasteiger partial charge on any atom is -0.337 e. The van der Waals surface area contributed by atoms with Gasteiger partial charge in [0, 0.05) is 36.5 Å². The van der Waals surface area contributed by atoms with Crippen LogP contribution < -0.4 is 0 Å². The Labute approximate surface area is 153 Å². The van der Waals surface area contributed by atoms with Gasteiger partial charge < -0.3 is 4.90 Å². The van der Waals surface area contributed by atoms with Crippen molar-refractivity contribution in [2.75, 3.05) is 13.1 Å². The Bertz CT molecular complexity index is 895. The largest absolute Gasteiger partial charge is 0.337 e. The fourth-order valence-electron chi connectivity index (χ4n) is 3.67. The number of H-pyrrole nitrogens is 1. The number of pyridine rings is 1. The second-order valence-corrected chi connectivity index (χ2v) is 6.85. The Hall–Kier alpha value is -2.95. The van der Waals surface area contributed by atoms with Crippen LogP contribution >= 0.6 is 0 Å². The second kappa shape index (κ2) is 7.12. The Balaban J connectivity index is 1.48. The van der Waals surface area contributed by atoms with Gasteiger partial charge in [0.1, 0.15) is 5.69 Å². The molecule has 2 aromatic heterocycles. The molecule has 0 atom stereocenters. The summed E-state index contributed by atoms with van der Waals surface area (Å²) in [5.41, 5.74) is 5.31. The number of nitrogens with one attached hydrogen (secondary N) is 1. The van der Waals surface area contributed by atoms with Crippen LogP contribution in [0.2, 0.25) is 0 Å². The number of aryl methyl sites for hydroxylation is 1. The molecule has 1 N–H and O–H groups in total. The maximum atomic E-state index is 12.6. The number of benzene rings is 1. The van der Waals surface area contributed by atoms with E-state index in [1.54, 1.807) is 12.3 Å². The van der Waals surface area contributed by atoms with Gasteiger partial charge in [-0.3, -0.25) is 14.9 Å². The Kier molecular flexibility index (Phi) is 4.52. The van der Waals surface area contributed by atoms with Crippen molar-refractivity contribution in [3.63, 3.8) is 0 Å². The van der Waals surface area contributed by atoms with Crippen molar-refractivity contribution in [2.24, 2.45) is 0 Å². The van der Waals surface area contributed by atoms with E-state index >= 15 is 0 Å². The molecule has 0 radical (unpaired) electrons. The Morgan fingerprint density at radius 3 is 2.73 bits per heavy atom. The molecule has 3 aromatic rings. The number of nitrogens with zero attached hydrogens (tertiary/aromatic N) is 3. The smallest absolute Gasteiger partial charge is 0.272 e. The van der Waals surface area contributed by atoms with E-state index in [0.717, 1.165) is 25.9 Å². The lowest BCUT2D eigenvalue weighted by Crippen LogP contribution is -2.38. The zero-order chi connectivity index (χ0) is 17.9. The molecule has 0 unspecified atom stereocenters. The van der Waals surface area contributed by atoms with E-state index in [0.29, 0.717) is 11.6 Å². The van der Waals surface area contributed by atoms with Gasteiger partial charge in [-0.05, 0) is 37.5 Å². The zero-order valence-corrected chi connectivity index (χ0v) is 14.9. The molecule has 1 fully saturated rings. The molecule has 1 aliphatic rings. The zero-order valence-electron chi connectivity index (χ0n) is 14.9. The maximum Gasteiger partial charge on any atom is 0.272 e. The van der Waals surface area contributed by atoms with Crippen LogP contribution in [0, 0.1) is 6.92 Å². The molecule has 0 saturated carbocycles. The molecule has 5 heteroatoms. The molecule has 26 heavy (non-hydrogen) atoms. The van der Waals surface area contributed by atoms with Crippen LogP contribution in [0.4, 0.5) is 0 Å². The van der Waals surface area contributed by atoms with Gasteiger partial charge in [-0.25, -0.2) is 0 Å². The predicted molar refractivity (Wildman–Crippen MR) is 101 cm³/mol. The molecule has 4 rings (SSSR count). The molecule has 1 amide bonds. The lowest BCUT2D eigenvalue weighted by atomic mass is 9.89. The number of hydrogen-bond acceptors (Lipinski definition) is 3. The summed E-state index contributed by atoms with van der Waals surface area (Å²) in [6.07, 6.45) is 5.44. The van der Waals surface area contributed by atoms with E-state index in [9.17, 15) is 4.79 Å². The SMILES string of the molecule is Cc1cccc(-c2cn[nH]c2C2CCN(C(=O)c3ccccn3)CC2)c1. The summed E-state index contributed by atoms with van der Waals surface area (Å²) in [6, 6.07) is 14.0. The summed E-state index contributed by atoms with van der Waals surface area (Å²) in [6.45, 7) is 3.59. The lowest BCUT2D eigenvalue weighted by Gasteiger charge is -2.31. The molecule has 3 heterocycles. The summed E-state index contributed by atoms with van der Waals surface area (Å²) < 4.78 is 0. The first kappa shape index (κ1) is 16.5. The summed E-state index contributed by atoms with van der Waals surface area (Å²) in [4.78, 5) is 18.6. The molecule has 132 valence electrons. The van der Waals surface area contributed by atoms with Crippen LogP contribution in [0.1, 0.15) is 40.5 Å². The minimum absolute atomic E-state index is 0.0209. The van der Waals surface area contributed by atoms with Gasteiger partial charge in [0.2, 0.25) is 0 Å². The average Bonchev–Trinajstić information content (AvgIpc) is 3.18. The Morgan fingerprint density at radius 1 is 1.15 bits per heavy atom. The third kappa shape index (κ3) is 3.25. The van der Waals surface area contributed by atoms with Crippen molar-refractivity contribution in [3.05, 3.63) is 71.8 Å². The fourth-order valence-corrected chi connectivity index (χ4v) is 3.67. The molecule has 1 aliphatic heterocycles. The van der Waals surface area contributed by atoms with E-state index in [4.69, 9.17) is 0 Å². The Morgan fingerprint density at radius 2 is 2.00 bits per heavy atom. The number of aromatic nitrogens is 3. The highest BCUT2D eigenvalue weighted by Gasteiger charge is 2.27. The predicted octanol–water partition coefficient (Wildman–Crippen LogP) is 3.80. The summed E-state index contributed by atoms with van der Waals surface area (Å²) in [5.74, 6) is 0.411. The molecular weight excluding hydrogens is 324 g/mol. The van der Waals surface area contributed by atoms with Gasteiger partial charge in [0.25, 0.3) is 5.91 Å². The summed E-state index contributed by atoms with van der Waals surface area (Å²) in [5, 5.41) is 7.49.